The van der Waals surface area contributed by atoms with E-state index in [1.807, 2.05) is 42.7 Å². The lowest BCUT2D eigenvalue weighted by Gasteiger charge is -2.37. The Hall–Kier alpha value is -3.71. The van der Waals surface area contributed by atoms with Crippen LogP contribution in [0.2, 0.25) is 0 Å². The molecule has 2 fully saturated rings. The topological polar surface area (TPSA) is 68.8 Å². The highest BCUT2D eigenvalue weighted by molar-refractivity contribution is 6.06. The molecule has 35 heavy (non-hydrogen) atoms. The third kappa shape index (κ3) is 5.52. The number of para-hydroxylation sites is 2. The first-order valence-corrected chi connectivity index (χ1v) is 12.3. The Morgan fingerprint density at radius 2 is 1.63 bits per heavy atom. The number of aromatic nitrogens is 1. The van der Waals surface area contributed by atoms with Gasteiger partial charge in [0.05, 0.1) is 11.4 Å². The van der Waals surface area contributed by atoms with Gasteiger partial charge >= 0.3 is 0 Å². The fraction of sp³-hybridized carbons (Fsp3) is 0.321. The highest BCUT2D eigenvalue weighted by Gasteiger charge is 2.22. The van der Waals surface area contributed by atoms with Crippen LogP contribution in [0.3, 0.4) is 0 Å². The number of hydrogen-bond donors (Lipinski definition) is 1. The number of carbonyl (C=O) groups excluding carboxylic acids is 2. The normalized spacial score (nSPS) is 16.5. The zero-order chi connectivity index (χ0) is 24.0. The zero-order valence-corrected chi connectivity index (χ0v) is 19.9. The minimum absolute atomic E-state index is 0.146. The average molecular weight is 470 g/mol. The van der Waals surface area contributed by atoms with Crippen LogP contribution < -0.4 is 15.1 Å². The molecule has 5 rings (SSSR count). The van der Waals surface area contributed by atoms with Crippen molar-refractivity contribution in [3.05, 3.63) is 84.2 Å². The number of benzene rings is 2. The van der Waals surface area contributed by atoms with Gasteiger partial charge in [-0.05, 0) is 66.9 Å². The third-order valence-corrected chi connectivity index (χ3v) is 6.85. The van der Waals surface area contributed by atoms with Gasteiger partial charge in [-0.15, -0.1) is 0 Å². The summed E-state index contributed by atoms with van der Waals surface area (Å²) < 4.78 is 0. The Kier molecular flexibility index (Phi) is 7.04. The Bertz CT molecular complexity index is 1160. The summed E-state index contributed by atoms with van der Waals surface area (Å²) in [6.07, 6.45) is 6.21. The number of anilines is 3. The van der Waals surface area contributed by atoms with Crippen LogP contribution in [0.4, 0.5) is 17.1 Å². The van der Waals surface area contributed by atoms with Crippen molar-refractivity contribution in [2.24, 2.45) is 0 Å². The van der Waals surface area contributed by atoms with E-state index in [-0.39, 0.29) is 11.8 Å². The van der Waals surface area contributed by atoms with Crippen LogP contribution in [0.25, 0.3) is 0 Å². The van der Waals surface area contributed by atoms with Crippen LogP contribution >= 0.6 is 0 Å². The zero-order valence-electron chi connectivity index (χ0n) is 19.9. The van der Waals surface area contributed by atoms with Gasteiger partial charge in [0, 0.05) is 69.3 Å². The quantitative estimate of drug-likeness (QED) is 0.570. The van der Waals surface area contributed by atoms with Gasteiger partial charge in [0.2, 0.25) is 5.91 Å². The molecular weight excluding hydrogens is 438 g/mol. The summed E-state index contributed by atoms with van der Waals surface area (Å²) in [5.41, 5.74) is 4.62. The van der Waals surface area contributed by atoms with E-state index in [4.69, 9.17) is 0 Å². The maximum atomic E-state index is 13.0. The smallest absolute Gasteiger partial charge is 0.255 e. The number of amides is 2. The molecule has 3 aromatic rings. The monoisotopic (exact) mass is 469 g/mol. The molecule has 1 aromatic heterocycles. The van der Waals surface area contributed by atoms with E-state index in [0.717, 1.165) is 69.2 Å². The van der Waals surface area contributed by atoms with E-state index in [1.54, 1.807) is 17.0 Å². The first-order chi connectivity index (χ1) is 17.2. The minimum Gasteiger partial charge on any atom is -0.367 e. The van der Waals surface area contributed by atoms with E-state index < -0.39 is 0 Å². The van der Waals surface area contributed by atoms with Gasteiger partial charge in [-0.3, -0.25) is 19.5 Å². The van der Waals surface area contributed by atoms with Gasteiger partial charge < -0.3 is 15.1 Å². The number of hydrogen-bond acceptors (Lipinski definition) is 5. The standard InChI is InChI=1S/C28H31N5O2/c34-27-6-3-16-33(27)24-9-7-23(8-10-24)28(35)30-25-4-1-2-5-26(25)32-20-18-31(19-21-32)17-13-22-11-14-29-15-12-22/h1-2,4-5,7-12,14-15H,3,6,13,16-21H2,(H,30,35). The van der Waals surface area contributed by atoms with Gasteiger partial charge in [0.15, 0.2) is 0 Å². The summed E-state index contributed by atoms with van der Waals surface area (Å²) >= 11 is 0. The molecule has 2 aliphatic rings. The van der Waals surface area contributed by atoms with Crippen molar-refractivity contribution in [2.75, 3.05) is 54.4 Å². The third-order valence-electron chi connectivity index (χ3n) is 6.85. The maximum Gasteiger partial charge on any atom is 0.255 e. The van der Waals surface area contributed by atoms with E-state index in [9.17, 15) is 9.59 Å². The minimum atomic E-state index is -0.146. The molecule has 180 valence electrons. The lowest BCUT2D eigenvalue weighted by Crippen LogP contribution is -2.47. The maximum absolute atomic E-state index is 13.0. The van der Waals surface area contributed by atoms with Crippen molar-refractivity contribution in [1.29, 1.82) is 0 Å². The second-order valence-electron chi connectivity index (χ2n) is 9.10. The Balaban J connectivity index is 1.19. The van der Waals surface area contributed by atoms with Gasteiger partial charge in [-0.1, -0.05) is 12.1 Å². The van der Waals surface area contributed by atoms with Crippen LogP contribution in [-0.4, -0.2) is 61.0 Å². The summed E-state index contributed by atoms with van der Waals surface area (Å²) in [7, 11) is 0. The molecule has 0 spiro atoms. The van der Waals surface area contributed by atoms with Crippen LogP contribution in [0.15, 0.2) is 73.1 Å². The molecule has 0 unspecified atom stereocenters. The Morgan fingerprint density at radius 3 is 2.34 bits per heavy atom. The number of nitrogens with zero attached hydrogens (tertiary/aromatic N) is 4. The van der Waals surface area contributed by atoms with Crippen LogP contribution in [0.1, 0.15) is 28.8 Å². The van der Waals surface area contributed by atoms with Crippen LogP contribution in [-0.2, 0) is 11.2 Å². The first kappa shape index (κ1) is 23.1. The van der Waals surface area contributed by atoms with Gasteiger partial charge in [-0.25, -0.2) is 0 Å². The van der Waals surface area contributed by atoms with Gasteiger partial charge in [0.1, 0.15) is 0 Å². The molecule has 0 atom stereocenters. The molecule has 2 saturated heterocycles. The Labute approximate surface area is 206 Å². The van der Waals surface area contributed by atoms with E-state index in [1.165, 1.54) is 5.56 Å². The number of piperazine rings is 1. The van der Waals surface area contributed by atoms with E-state index in [0.29, 0.717) is 12.0 Å². The van der Waals surface area contributed by atoms with Gasteiger partial charge in [0.25, 0.3) is 5.91 Å². The van der Waals surface area contributed by atoms with Crippen LogP contribution in [0, 0.1) is 0 Å². The number of rotatable bonds is 7. The average Bonchev–Trinajstić information content (AvgIpc) is 3.34. The predicted octanol–water partition coefficient (Wildman–Crippen LogP) is 3.83. The molecule has 0 bridgehead atoms. The molecule has 0 aliphatic carbocycles. The molecule has 1 N–H and O–H groups in total. The van der Waals surface area contributed by atoms with Gasteiger partial charge in [-0.2, -0.15) is 0 Å². The van der Waals surface area contributed by atoms with E-state index >= 15 is 0 Å². The highest BCUT2D eigenvalue weighted by Crippen LogP contribution is 2.28. The molecule has 0 radical (unpaired) electrons. The summed E-state index contributed by atoms with van der Waals surface area (Å²) in [5, 5.41) is 3.10. The molecule has 7 heteroatoms. The van der Waals surface area contributed by atoms with Crippen molar-refractivity contribution in [3.63, 3.8) is 0 Å². The van der Waals surface area contributed by atoms with E-state index in [2.05, 4.69) is 38.3 Å². The second-order valence-corrected chi connectivity index (χ2v) is 9.10. The first-order valence-electron chi connectivity index (χ1n) is 12.3. The van der Waals surface area contributed by atoms with Crippen molar-refractivity contribution in [1.82, 2.24) is 9.88 Å². The summed E-state index contributed by atoms with van der Waals surface area (Å²) in [6, 6.07) is 19.5. The molecule has 2 aliphatic heterocycles. The molecule has 2 aromatic carbocycles. The number of carbonyl (C=O) groups is 2. The predicted molar refractivity (Wildman–Crippen MR) is 139 cm³/mol. The summed E-state index contributed by atoms with van der Waals surface area (Å²) in [6.45, 7) is 5.60. The number of nitrogens with one attached hydrogen (secondary N) is 1. The fourth-order valence-electron chi connectivity index (χ4n) is 4.81. The summed E-state index contributed by atoms with van der Waals surface area (Å²) in [4.78, 5) is 35.7. The molecule has 2 amide bonds. The van der Waals surface area contributed by atoms with Crippen molar-refractivity contribution in [3.8, 4) is 0 Å². The van der Waals surface area contributed by atoms with Crippen molar-refractivity contribution in [2.45, 2.75) is 19.3 Å². The molecular formula is C28H31N5O2. The van der Waals surface area contributed by atoms with Crippen molar-refractivity contribution >= 4 is 28.9 Å². The lowest BCUT2D eigenvalue weighted by atomic mass is 10.1. The molecule has 7 nitrogen and oxygen atoms in total. The highest BCUT2D eigenvalue weighted by atomic mass is 16.2. The summed E-state index contributed by atoms with van der Waals surface area (Å²) in [5.74, 6) is 0.00123. The molecule has 0 saturated carbocycles. The largest absolute Gasteiger partial charge is 0.367 e. The van der Waals surface area contributed by atoms with Crippen molar-refractivity contribution < 1.29 is 9.59 Å². The molecule has 3 heterocycles. The fourth-order valence-corrected chi connectivity index (χ4v) is 4.81. The van der Waals surface area contributed by atoms with Crippen LogP contribution in [0.5, 0.6) is 0 Å². The SMILES string of the molecule is O=C(Nc1ccccc1N1CCN(CCc2ccncc2)CC1)c1ccc(N2CCCC2=O)cc1. The Morgan fingerprint density at radius 1 is 0.886 bits per heavy atom. The lowest BCUT2D eigenvalue weighted by molar-refractivity contribution is -0.117. The second kappa shape index (κ2) is 10.7. The number of pyridine rings is 1.